The fourth-order valence-electron chi connectivity index (χ4n) is 7.35. The molecule has 0 amide bonds. The summed E-state index contributed by atoms with van der Waals surface area (Å²) in [6.45, 7) is 11.5. The molecule has 2 aliphatic heterocycles. The fourth-order valence-corrected chi connectivity index (χ4v) is 15.3. The number of anilines is 2. The molecule has 4 heterocycles. The molecule has 0 aliphatic carbocycles. The van der Waals surface area contributed by atoms with Crippen molar-refractivity contribution in [1.82, 2.24) is 29.3 Å². The first-order chi connectivity index (χ1) is 39.8. The summed E-state index contributed by atoms with van der Waals surface area (Å²) in [6, 6.07) is 2.61. The van der Waals surface area contributed by atoms with E-state index in [2.05, 4.69) is 75.4 Å². The van der Waals surface area contributed by atoms with Crippen LogP contribution in [0.4, 0.5) is 11.6 Å². The fraction of sp³-hybridized carbons (Fsp3) is 0.818. The molecular formula is C44H83Cl4N8Na4O24P5. The number of aliphatic hydroxyl groups excluding tert-OH is 3. The Morgan fingerprint density at radius 2 is 1.02 bits per heavy atom. The van der Waals surface area contributed by atoms with Crippen LogP contribution in [0, 0.1) is 0 Å². The van der Waals surface area contributed by atoms with Crippen LogP contribution in [-0.2, 0) is 55.3 Å². The average Bonchev–Trinajstić information content (AvgIpc) is 4.01. The smallest absolute Gasteiger partial charge is 0.790 e. The molecule has 2 saturated heterocycles. The van der Waals surface area contributed by atoms with Gasteiger partial charge in [-0.15, -0.1) is 46.4 Å². The Morgan fingerprint density at radius 3 is 1.30 bits per heavy atom. The van der Waals surface area contributed by atoms with E-state index in [1.807, 2.05) is 13.8 Å². The molecule has 2 fully saturated rings. The van der Waals surface area contributed by atoms with Crippen LogP contribution in [0.2, 0.25) is 0 Å². The molecule has 3 unspecified atom stereocenters. The second kappa shape index (κ2) is 51.1. The number of halogens is 4. The van der Waals surface area contributed by atoms with Crippen LogP contribution in [-0.4, -0.2) is 117 Å². The molecule has 500 valence electrons. The quantitative estimate of drug-likeness (QED) is 0.00785. The van der Waals surface area contributed by atoms with Crippen molar-refractivity contribution in [2.24, 2.45) is 0 Å². The number of nitrogens with zero attached hydrogens (tertiary/aromatic N) is 4. The van der Waals surface area contributed by atoms with E-state index in [9.17, 15) is 67.6 Å². The number of rotatable bonds is 34. The summed E-state index contributed by atoms with van der Waals surface area (Å²) in [5, 5.41) is 53.4. The molecule has 0 spiro atoms. The first-order valence-corrected chi connectivity index (χ1v) is 37.2. The number of hydrogen-bond acceptors (Lipinski definition) is 30. The summed E-state index contributed by atoms with van der Waals surface area (Å²) in [5.41, 5.74) is 5.63. The normalized spacial score (nSPS) is 23.0. The molecule has 0 radical (unpaired) electrons. The van der Waals surface area contributed by atoms with Gasteiger partial charge in [0.1, 0.15) is 45.8 Å². The maximum atomic E-state index is 12.0. The predicted octanol–water partition coefficient (Wildman–Crippen LogP) is -6.93. The zero-order valence-corrected chi connectivity index (χ0v) is 67.5. The molecule has 11 atom stereocenters. The summed E-state index contributed by atoms with van der Waals surface area (Å²) in [4.78, 5) is 85.8. The van der Waals surface area contributed by atoms with E-state index in [0.29, 0.717) is 12.8 Å². The maximum Gasteiger partial charge on any atom is 1.00 e. The second-order valence-electron chi connectivity index (χ2n) is 18.9. The van der Waals surface area contributed by atoms with Crippen molar-refractivity contribution < 1.29 is 224 Å². The van der Waals surface area contributed by atoms with Gasteiger partial charge in [-0.2, -0.15) is 9.97 Å². The molecule has 2 aromatic heterocycles. The minimum absolute atomic E-state index is 0. The van der Waals surface area contributed by atoms with Crippen molar-refractivity contribution >= 4 is 96.3 Å². The second-order valence-corrected chi connectivity index (χ2v) is 31.1. The number of hydrogen-bond donors (Lipinski definition) is 9. The minimum Gasteiger partial charge on any atom is -0.790 e. The van der Waals surface area contributed by atoms with Crippen LogP contribution >= 0.6 is 84.6 Å². The number of alkyl halides is 4. The van der Waals surface area contributed by atoms with Gasteiger partial charge in [0, 0.05) is 12.4 Å². The minimum atomic E-state index is -6.19. The van der Waals surface area contributed by atoms with Crippen molar-refractivity contribution in [3.05, 3.63) is 45.5 Å². The summed E-state index contributed by atoms with van der Waals surface area (Å²) in [7, 11) is -26.6. The summed E-state index contributed by atoms with van der Waals surface area (Å²) in [5.74, 6) is -0.919. The molecule has 2 aliphatic rings. The number of aromatic nitrogens is 4. The molecule has 32 nitrogen and oxygen atoms in total. The number of nitrogens with one attached hydrogen (secondary N) is 2. The van der Waals surface area contributed by atoms with Gasteiger partial charge >= 0.3 is 242 Å². The van der Waals surface area contributed by atoms with Crippen LogP contribution in [0.15, 0.2) is 34.1 Å². The molecule has 2 aromatic rings. The van der Waals surface area contributed by atoms with Crippen LogP contribution in [0.25, 0.3) is 0 Å². The number of aliphatic hydroxyl groups is 3. The van der Waals surface area contributed by atoms with E-state index in [1.165, 1.54) is 95.4 Å². The molecule has 45 heteroatoms. The van der Waals surface area contributed by atoms with E-state index in [1.54, 1.807) is 0 Å². The molecule has 89 heavy (non-hydrogen) atoms. The van der Waals surface area contributed by atoms with Crippen molar-refractivity contribution in [3.63, 3.8) is 0 Å². The Kier molecular flexibility index (Phi) is 57.8. The molecule has 0 aromatic carbocycles. The van der Waals surface area contributed by atoms with Gasteiger partial charge in [-0.05, 0) is 12.1 Å². The molecule has 0 bridgehead atoms. The Bertz CT molecular complexity index is 2490. The zero-order chi connectivity index (χ0) is 65.3. The summed E-state index contributed by atoms with van der Waals surface area (Å²) in [6.07, 6.45) is 16.9. The molecular weight excluding hydrogens is 1410 g/mol. The topological polar surface area (TPSA) is 504 Å². The third kappa shape index (κ3) is 34.7. The number of nitrogens with two attached hydrogens (primary N) is 2. The number of ether oxygens (including phenoxy) is 2. The van der Waals surface area contributed by atoms with Gasteiger partial charge in [-0.25, -0.2) is 13.9 Å². The largest absolute Gasteiger partial charge is 1.00 e. The number of phosphoric ester groups is 1. The van der Waals surface area contributed by atoms with Gasteiger partial charge in [-0.3, -0.25) is 22.6 Å². The summed E-state index contributed by atoms with van der Waals surface area (Å²) >= 11 is 23.6. The zero-order valence-electron chi connectivity index (χ0n) is 52.0. The standard InChI is InChI=1S/C10H16Cl2N3O13P3.C10H13Cl2N3O4.C8H22N2O7P2.2C8H18.4Na/c11-3-10(4-25-30(21,22)28-31(23,24)27-29(18,19)20)7(16)6(12)8(26-10)15-2-1-5(13)14-9(15)17;11-3-10(4-16)7(17)6(12)8(19-10)15-2-1-5(13)14-9(15)18;1-3-5-7-9-19(16-12,17-15-11,18(13)14)10-8-6-4-2;2*1-3-5-7-8-6-4-2;;;;/h1-2,6-8,16H,3-4H2,(H,21,22)(H,23,24)(H2,13,14,17)(H2,18,19,20);1-2,6-8,16-17H,3-4H2,(H2,13,14,18);9-12H,3-8H2,1-2H3;2*3-8H2,1-2H3;;;;/q;;;;;4*+1/p-4/t2*6-,7+,8-,10-;;;;;;;/m11......./s1. The average molecular weight is 1500 g/mol. The van der Waals surface area contributed by atoms with Crippen molar-refractivity contribution in [2.75, 3.05) is 49.5 Å². The first-order valence-electron chi connectivity index (χ1n) is 27.0. The van der Waals surface area contributed by atoms with E-state index in [4.69, 9.17) is 77.9 Å². The van der Waals surface area contributed by atoms with Gasteiger partial charge < -0.3 is 64.9 Å². The van der Waals surface area contributed by atoms with Crippen molar-refractivity contribution in [1.29, 1.82) is 0 Å². The van der Waals surface area contributed by atoms with Crippen LogP contribution < -0.4 is 176 Å². The van der Waals surface area contributed by atoms with Crippen LogP contribution in [0.1, 0.15) is 157 Å². The van der Waals surface area contributed by atoms with E-state index >= 15 is 0 Å². The number of unbranched alkanes of at least 4 members (excludes halogenated alkanes) is 12. The van der Waals surface area contributed by atoms with E-state index in [0.717, 1.165) is 28.2 Å². The third-order valence-corrected chi connectivity index (χ3v) is 23.5. The maximum absolute atomic E-state index is 12.0. The Morgan fingerprint density at radius 1 is 0.663 bits per heavy atom. The van der Waals surface area contributed by atoms with E-state index in [-0.39, 0.29) is 149 Å². The van der Waals surface area contributed by atoms with Crippen LogP contribution in [0.5, 0.6) is 0 Å². The van der Waals surface area contributed by atoms with Gasteiger partial charge in [0.15, 0.2) is 12.5 Å². The first kappa shape index (κ1) is 101. The molecule has 4 rings (SSSR count). The number of phosphoric acid groups is 3. The summed E-state index contributed by atoms with van der Waals surface area (Å²) < 4.78 is 76.9. The van der Waals surface area contributed by atoms with Gasteiger partial charge in [0.25, 0.3) is 15.6 Å². The van der Waals surface area contributed by atoms with Crippen LogP contribution in [0.3, 0.4) is 0 Å². The van der Waals surface area contributed by atoms with E-state index < -0.39 is 115 Å². The van der Waals surface area contributed by atoms with Gasteiger partial charge in [0.2, 0.25) is 0 Å². The van der Waals surface area contributed by atoms with Gasteiger partial charge in [-0.1, -0.05) is 105 Å². The SMILES string of the molecule is CCCCCCCC.CCCCCCCC.CCCCNP(NCCCC)(OO)(OOO)[P+](=O)[O-].Nc1ccn([C@@H]2O[C@@](CO)(CCl)[C@@H](O)[C@H]2Cl)c(=O)n1.Nc1ccn([C@@H]2O[C@](CCl)(COP(=O)([O-])OP(=O)([O-])OP(=O)([O-])[O-])[C@@H](O)[C@H]2Cl)c(=O)n1.[Na+].[Na+].[Na+].[Na+]. The Balaban J connectivity index is -0.000000355. The third-order valence-electron chi connectivity index (χ3n) is 12.2. The van der Waals surface area contributed by atoms with Crippen molar-refractivity contribution in [2.45, 2.75) is 191 Å². The Hall–Kier alpha value is 2.94. The van der Waals surface area contributed by atoms with Gasteiger partial charge in [0.05, 0.1) is 32.8 Å². The molecule has 0 saturated carbocycles. The monoisotopic (exact) mass is 1490 g/mol. The predicted molar refractivity (Wildman–Crippen MR) is 309 cm³/mol. The molecule has 11 N–H and O–H groups in total. The Labute approximate surface area is 628 Å². The van der Waals surface area contributed by atoms with Crippen molar-refractivity contribution in [3.8, 4) is 0 Å². The number of nitrogen functional groups attached to an aromatic ring is 2.